The van der Waals surface area contributed by atoms with E-state index in [1.807, 2.05) is 0 Å². The molecule has 0 rings (SSSR count). The Balaban J connectivity index is 4.02. The zero-order valence-corrected chi connectivity index (χ0v) is 21.4. The van der Waals surface area contributed by atoms with Crippen molar-refractivity contribution in [3.63, 3.8) is 0 Å². The van der Waals surface area contributed by atoms with Gasteiger partial charge < -0.3 is 35.6 Å². The molecule has 0 aliphatic heterocycles. The van der Waals surface area contributed by atoms with Gasteiger partial charge in [0.25, 0.3) is 0 Å². The first kappa shape index (κ1) is 33.2. The second kappa shape index (κ2) is 18.5. The number of carbonyl (C=O) groups is 5. The van der Waals surface area contributed by atoms with Gasteiger partial charge in [0.15, 0.2) is 0 Å². The van der Waals surface area contributed by atoms with Crippen LogP contribution in [0.5, 0.6) is 0 Å². The maximum absolute atomic E-state index is 11.9. The highest BCUT2D eigenvalue weighted by Gasteiger charge is 2.23. The molecule has 2 atom stereocenters. The lowest BCUT2D eigenvalue weighted by Gasteiger charge is -2.16. The van der Waals surface area contributed by atoms with E-state index in [0.717, 1.165) is 6.26 Å². The van der Waals surface area contributed by atoms with Gasteiger partial charge in [-0.3, -0.25) is 14.4 Å². The van der Waals surface area contributed by atoms with Crippen LogP contribution in [0.15, 0.2) is 0 Å². The summed E-state index contributed by atoms with van der Waals surface area (Å²) in [5.74, 6) is -4.21. The third kappa shape index (κ3) is 18.5. The minimum atomic E-state index is -3.10. The zero-order chi connectivity index (χ0) is 27.6. The molecule has 0 aliphatic carbocycles. The van der Waals surface area contributed by atoms with E-state index in [1.165, 1.54) is 0 Å². The van der Waals surface area contributed by atoms with Gasteiger partial charge in [0.1, 0.15) is 28.5 Å². The Bertz CT molecular complexity index is 833. The molecule has 0 aromatic carbocycles. The Labute approximate surface area is 210 Å². The molecule has 0 saturated heterocycles. The number of rotatable bonds is 21. The highest BCUT2D eigenvalue weighted by molar-refractivity contribution is 7.90. The number of sulfone groups is 1. The Morgan fingerprint density at radius 3 is 1.97 bits per heavy atom. The minimum absolute atomic E-state index is 0.0316. The molecule has 0 bridgehead atoms. The van der Waals surface area contributed by atoms with Crippen molar-refractivity contribution in [1.82, 2.24) is 16.0 Å². The average molecular weight is 540 g/mol. The van der Waals surface area contributed by atoms with Crippen LogP contribution >= 0.6 is 0 Å². The van der Waals surface area contributed by atoms with Crippen LogP contribution in [-0.4, -0.2) is 105 Å². The summed E-state index contributed by atoms with van der Waals surface area (Å²) in [6.07, 6.45) is 1.70. The van der Waals surface area contributed by atoms with E-state index in [2.05, 4.69) is 16.0 Å². The van der Waals surface area contributed by atoms with Crippen LogP contribution in [0.25, 0.3) is 0 Å². The van der Waals surface area contributed by atoms with Crippen LogP contribution in [0.3, 0.4) is 0 Å². The molecule has 0 aliphatic rings. The molecule has 0 aromatic heterocycles. The maximum Gasteiger partial charge on any atom is 0.326 e. The van der Waals surface area contributed by atoms with E-state index in [4.69, 9.17) is 14.6 Å². The number of hydrogen-bond acceptors (Lipinski definition) is 9. The molecular formula is C21H37N3O11S. The van der Waals surface area contributed by atoms with E-state index < -0.39 is 52.3 Å². The Morgan fingerprint density at radius 2 is 1.39 bits per heavy atom. The number of aliphatic carboxylic acids is 2. The fraction of sp³-hybridized carbons (Fsp3) is 0.762. The number of nitrogens with one attached hydrogen (secondary N) is 3. The number of amides is 3. The van der Waals surface area contributed by atoms with Gasteiger partial charge in [0.2, 0.25) is 17.7 Å². The highest BCUT2D eigenvalue weighted by Crippen LogP contribution is 2.02. The van der Waals surface area contributed by atoms with Gasteiger partial charge in [-0.1, -0.05) is 13.3 Å². The fourth-order valence-corrected chi connectivity index (χ4v) is 3.48. The zero-order valence-electron chi connectivity index (χ0n) is 20.6. The summed E-state index contributed by atoms with van der Waals surface area (Å²) >= 11 is 0. The molecular weight excluding hydrogens is 502 g/mol. The van der Waals surface area contributed by atoms with Crippen LogP contribution in [0.2, 0.25) is 0 Å². The number of carboxylic acid groups (broad SMARTS) is 2. The summed E-state index contributed by atoms with van der Waals surface area (Å²) in [6.45, 7) is 1.87. The number of carbonyl (C=O) groups excluding carboxylic acids is 3. The smallest absolute Gasteiger partial charge is 0.326 e. The van der Waals surface area contributed by atoms with E-state index in [-0.39, 0.29) is 70.1 Å². The van der Waals surface area contributed by atoms with Gasteiger partial charge in [0.05, 0.1) is 25.6 Å². The van der Waals surface area contributed by atoms with Crippen molar-refractivity contribution in [2.45, 2.75) is 57.5 Å². The van der Waals surface area contributed by atoms with Crippen molar-refractivity contribution in [3.8, 4) is 0 Å². The van der Waals surface area contributed by atoms with Crippen LogP contribution in [0.1, 0.15) is 45.4 Å². The number of hydrogen-bond donors (Lipinski definition) is 5. The molecule has 0 fully saturated rings. The molecule has 2 unspecified atom stereocenters. The average Bonchev–Trinajstić information content (AvgIpc) is 2.76. The Hall–Kier alpha value is -2.78. The lowest BCUT2D eigenvalue weighted by Crippen LogP contribution is -2.44. The second-order valence-corrected chi connectivity index (χ2v) is 10.3. The first-order valence-corrected chi connectivity index (χ1v) is 13.6. The van der Waals surface area contributed by atoms with Crippen LogP contribution in [-0.2, 0) is 43.3 Å². The number of ether oxygens (including phenoxy) is 2. The fourth-order valence-electron chi connectivity index (χ4n) is 2.81. The summed E-state index contributed by atoms with van der Waals surface area (Å²) in [6, 6.07) is -2.40. The van der Waals surface area contributed by atoms with Crippen molar-refractivity contribution in [3.05, 3.63) is 0 Å². The molecule has 36 heavy (non-hydrogen) atoms. The molecule has 0 heterocycles. The van der Waals surface area contributed by atoms with Crippen molar-refractivity contribution >= 4 is 39.5 Å². The minimum Gasteiger partial charge on any atom is -0.480 e. The molecule has 14 nitrogen and oxygen atoms in total. The summed E-state index contributed by atoms with van der Waals surface area (Å²) in [5, 5.41) is 25.4. The van der Waals surface area contributed by atoms with Gasteiger partial charge in [0, 0.05) is 25.6 Å². The van der Waals surface area contributed by atoms with Crippen LogP contribution in [0.4, 0.5) is 0 Å². The first-order chi connectivity index (χ1) is 16.9. The standard InChI is InChI=1S/C21H37N3O11S/c1-3-5-15(20(28)29)23-18(26)8-7-16(21(30)31)24-19(27)14-35-12-11-34-10-9-22-17(25)6-4-13-36(2,32)33/h15-16H,3-14H2,1-2H3,(H,22,25)(H,23,26)(H,24,27)(H,28,29)(H,30,31). The Morgan fingerprint density at radius 1 is 0.806 bits per heavy atom. The van der Waals surface area contributed by atoms with Gasteiger partial charge >= 0.3 is 11.9 Å². The van der Waals surface area contributed by atoms with Crippen molar-refractivity contribution in [2.24, 2.45) is 0 Å². The van der Waals surface area contributed by atoms with E-state index in [9.17, 15) is 37.5 Å². The largest absolute Gasteiger partial charge is 0.480 e. The maximum atomic E-state index is 11.9. The van der Waals surface area contributed by atoms with Gasteiger partial charge in [-0.05, 0) is 19.3 Å². The van der Waals surface area contributed by atoms with Crippen molar-refractivity contribution in [1.29, 1.82) is 0 Å². The topological polar surface area (TPSA) is 214 Å². The summed E-state index contributed by atoms with van der Waals surface area (Å²) in [7, 11) is -3.10. The first-order valence-electron chi connectivity index (χ1n) is 11.5. The van der Waals surface area contributed by atoms with Crippen LogP contribution in [0, 0.1) is 0 Å². The van der Waals surface area contributed by atoms with Gasteiger partial charge in [-0.2, -0.15) is 0 Å². The van der Waals surface area contributed by atoms with Gasteiger partial charge in [-0.15, -0.1) is 0 Å². The number of carboxylic acids is 2. The normalized spacial score (nSPS) is 12.8. The highest BCUT2D eigenvalue weighted by atomic mass is 32.2. The summed E-state index contributed by atoms with van der Waals surface area (Å²) < 4.78 is 32.3. The molecule has 15 heteroatoms. The van der Waals surface area contributed by atoms with Gasteiger partial charge in [-0.25, -0.2) is 18.0 Å². The third-order valence-electron chi connectivity index (χ3n) is 4.60. The molecule has 0 spiro atoms. The van der Waals surface area contributed by atoms with E-state index in [0.29, 0.717) is 6.42 Å². The molecule has 5 N–H and O–H groups in total. The van der Waals surface area contributed by atoms with Crippen molar-refractivity contribution in [2.75, 3.05) is 45.0 Å². The SMILES string of the molecule is CCCC(NC(=O)CCC(NC(=O)COCCOCCNC(=O)CCCS(C)(=O)=O)C(=O)O)C(=O)O. The van der Waals surface area contributed by atoms with Crippen LogP contribution < -0.4 is 16.0 Å². The molecule has 0 saturated carbocycles. The molecule has 0 aromatic rings. The molecule has 208 valence electrons. The quantitative estimate of drug-likeness (QED) is 0.108. The molecule has 0 radical (unpaired) electrons. The summed E-state index contributed by atoms with van der Waals surface area (Å²) in [5.41, 5.74) is 0. The third-order valence-corrected chi connectivity index (χ3v) is 5.63. The predicted octanol–water partition coefficient (Wildman–Crippen LogP) is -1.32. The lowest BCUT2D eigenvalue weighted by molar-refractivity contribution is -0.144. The van der Waals surface area contributed by atoms with Crippen molar-refractivity contribution < 1.29 is 52.1 Å². The lowest BCUT2D eigenvalue weighted by atomic mass is 10.1. The predicted molar refractivity (Wildman–Crippen MR) is 127 cm³/mol. The van der Waals surface area contributed by atoms with E-state index in [1.54, 1.807) is 6.92 Å². The second-order valence-electron chi connectivity index (χ2n) is 7.99. The van der Waals surface area contributed by atoms with E-state index >= 15 is 0 Å². The molecule has 3 amide bonds. The summed E-state index contributed by atoms with van der Waals surface area (Å²) in [4.78, 5) is 57.8. The monoisotopic (exact) mass is 539 g/mol. The Kier molecular flexibility index (Phi) is 17.1.